The molecule has 180 valence electrons. The lowest BCUT2D eigenvalue weighted by Crippen LogP contribution is -2.44. The third-order valence-corrected chi connectivity index (χ3v) is 7.47. The van der Waals surface area contributed by atoms with Gasteiger partial charge in [0, 0.05) is 30.6 Å². The van der Waals surface area contributed by atoms with E-state index in [-0.39, 0.29) is 17.9 Å². The van der Waals surface area contributed by atoms with E-state index in [2.05, 4.69) is 59.4 Å². The fraction of sp³-hybridized carbons (Fsp3) is 0.481. The molecule has 0 aliphatic carbocycles. The fourth-order valence-electron chi connectivity index (χ4n) is 4.91. The van der Waals surface area contributed by atoms with Crippen molar-refractivity contribution in [1.82, 2.24) is 15.3 Å². The standard InChI is InChI=1S/C27H33ClN4O2/c1-17(2)19-5-3-18(4-6-19)13-21-14-24-25(15-23(21)28)31-27(30-24)32-10-7-20(8-11-32)26(33)29-22-9-12-34-16-22/h3-6,14-15,17,20,22H,7-13,16H2,1-2H3,(H,29,33)(H,30,31). The molecule has 6 nitrogen and oxygen atoms in total. The summed E-state index contributed by atoms with van der Waals surface area (Å²) in [5.41, 5.74) is 5.53. The van der Waals surface area contributed by atoms with Crippen LogP contribution in [0, 0.1) is 5.92 Å². The molecule has 0 radical (unpaired) electrons. The molecule has 3 aromatic rings. The number of nitrogens with one attached hydrogen (secondary N) is 2. The Kier molecular flexibility index (Phi) is 6.79. The van der Waals surface area contributed by atoms with Gasteiger partial charge in [0.2, 0.25) is 11.9 Å². The van der Waals surface area contributed by atoms with Crippen molar-refractivity contribution in [1.29, 1.82) is 0 Å². The second-order valence-electron chi connectivity index (χ2n) is 9.92. The molecular weight excluding hydrogens is 448 g/mol. The molecule has 2 saturated heterocycles. The molecule has 0 saturated carbocycles. The van der Waals surface area contributed by atoms with Crippen LogP contribution in [0.3, 0.4) is 0 Å². The minimum atomic E-state index is 0.0596. The number of benzene rings is 2. The molecule has 1 amide bonds. The van der Waals surface area contributed by atoms with Crippen LogP contribution in [0.1, 0.15) is 55.7 Å². The number of piperidine rings is 1. The van der Waals surface area contributed by atoms with E-state index in [1.54, 1.807) is 0 Å². The number of hydrogen-bond acceptors (Lipinski definition) is 4. The Hall–Kier alpha value is -2.57. The van der Waals surface area contributed by atoms with Crippen LogP contribution in [0.5, 0.6) is 0 Å². The van der Waals surface area contributed by atoms with Gasteiger partial charge in [-0.2, -0.15) is 0 Å². The van der Waals surface area contributed by atoms with Crippen LogP contribution < -0.4 is 10.2 Å². The number of amides is 1. The quantitative estimate of drug-likeness (QED) is 0.517. The third kappa shape index (κ3) is 5.08. The highest BCUT2D eigenvalue weighted by molar-refractivity contribution is 6.32. The maximum absolute atomic E-state index is 12.6. The van der Waals surface area contributed by atoms with Gasteiger partial charge in [-0.1, -0.05) is 49.7 Å². The number of rotatable bonds is 6. The molecule has 7 heteroatoms. The molecule has 2 N–H and O–H groups in total. The number of hydrogen-bond donors (Lipinski definition) is 2. The molecule has 2 aliphatic heterocycles. The van der Waals surface area contributed by atoms with Gasteiger partial charge in [-0.05, 0) is 60.4 Å². The van der Waals surface area contributed by atoms with Crippen molar-refractivity contribution in [3.05, 3.63) is 58.1 Å². The van der Waals surface area contributed by atoms with Gasteiger partial charge in [0.1, 0.15) is 0 Å². The van der Waals surface area contributed by atoms with Gasteiger partial charge in [0.25, 0.3) is 0 Å². The summed E-state index contributed by atoms with van der Waals surface area (Å²) >= 11 is 6.64. The van der Waals surface area contributed by atoms with Crippen LogP contribution in [-0.4, -0.2) is 48.2 Å². The monoisotopic (exact) mass is 480 g/mol. The maximum atomic E-state index is 12.6. The zero-order valence-corrected chi connectivity index (χ0v) is 20.7. The highest BCUT2D eigenvalue weighted by Crippen LogP contribution is 2.29. The Morgan fingerprint density at radius 2 is 1.97 bits per heavy atom. The first-order valence-corrected chi connectivity index (χ1v) is 12.7. The van der Waals surface area contributed by atoms with Crippen molar-refractivity contribution >= 4 is 34.5 Å². The minimum Gasteiger partial charge on any atom is -0.379 e. The average molecular weight is 481 g/mol. The number of carbonyl (C=O) groups is 1. The number of carbonyl (C=O) groups excluding carboxylic acids is 1. The number of fused-ring (bicyclic) bond motifs is 1. The molecule has 3 heterocycles. The topological polar surface area (TPSA) is 70.2 Å². The molecule has 34 heavy (non-hydrogen) atoms. The van der Waals surface area contributed by atoms with Crippen LogP contribution in [0.15, 0.2) is 36.4 Å². The molecule has 2 aliphatic rings. The smallest absolute Gasteiger partial charge is 0.223 e. The van der Waals surface area contributed by atoms with Crippen molar-refractivity contribution in [3.8, 4) is 0 Å². The number of H-pyrrole nitrogens is 1. The van der Waals surface area contributed by atoms with E-state index in [1.165, 1.54) is 11.1 Å². The number of imidazole rings is 1. The van der Waals surface area contributed by atoms with E-state index in [0.717, 1.165) is 72.9 Å². The molecule has 2 aromatic carbocycles. The number of aromatic nitrogens is 2. The van der Waals surface area contributed by atoms with Crippen molar-refractivity contribution in [3.63, 3.8) is 0 Å². The Bertz CT molecular complexity index is 1140. The summed E-state index contributed by atoms with van der Waals surface area (Å²) in [6.07, 6.45) is 3.35. The van der Waals surface area contributed by atoms with E-state index in [1.807, 2.05) is 6.07 Å². The van der Waals surface area contributed by atoms with Crippen LogP contribution in [0.4, 0.5) is 5.95 Å². The Balaban J connectivity index is 1.24. The number of aromatic amines is 1. The Morgan fingerprint density at radius 1 is 1.21 bits per heavy atom. The van der Waals surface area contributed by atoms with Crippen LogP contribution in [0.2, 0.25) is 5.02 Å². The summed E-state index contributed by atoms with van der Waals surface area (Å²) in [4.78, 5) is 23.1. The van der Waals surface area contributed by atoms with E-state index < -0.39 is 0 Å². The number of halogens is 1. The normalized spacial score (nSPS) is 19.3. The highest BCUT2D eigenvalue weighted by atomic mass is 35.5. The summed E-state index contributed by atoms with van der Waals surface area (Å²) in [7, 11) is 0. The first kappa shape index (κ1) is 23.2. The van der Waals surface area contributed by atoms with Crippen molar-refractivity contribution in [2.24, 2.45) is 5.92 Å². The van der Waals surface area contributed by atoms with Crippen molar-refractivity contribution in [2.75, 3.05) is 31.2 Å². The van der Waals surface area contributed by atoms with E-state index in [9.17, 15) is 4.79 Å². The van der Waals surface area contributed by atoms with E-state index in [0.29, 0.717) is 12.5 Å². The predicted octanol–water partition coefficient (Wildman–Crippen LogP) is 5.05. The summed E-state index contributed by atoms with van der Waals surface area (Å²) < 4.78 is 5.37. The number of ether oxygens (including phenoxy) is 1. The largest absolute Gasteiger partial charge is 0.379 e. The number of nitrogens with zero attached hydrogens (tertiary/aromatic N) is 2. The van der Waals surface area contributed by atoms with E-state index >= 15 is 0 Å². The number of anilines is 1. The Morgan fingerprint density at radius 3 is 2.65 bits per heavy atom. The lowest BCUT2D eigenvalue weighted by molar-refractivity contribution is -0.126. The van der Waals surface area contributed by atoms with Crippen LogP contribution in [-0.2, 0) is 16.0 Å². The van der Waals surface area contributed by atoms with Crippen LogP contribution in [0.25, 0.3) is 11.0 Å². The summed E-state index contributed by atoms with van der Waals surface area (Å²) in [5, 5.41) is 3.90. The molecule has 0 spiro atoms. The summed E-state index contributed by atoms with van der Waals surface area (Å²) in [5.74, 6) is 1.60. The second-order valence-corrected chi connectivity index (χ2v) is 10.3. The summed E-state index contributed by atoms with van der Waals surface area (Å²) in [6, 6.07) is 13.0. The van der Waals surface area contributed by atoms with Gasteiger partial charge in [-0.15, -0.1) is 0 Å². The van der Waals surface area contributed by atoms with Gasteiger partial charge in [0.15, 0.2) is 0 Å². The average Bonchev–Trinajstić information content (AvgIpc) is 3.49. The second kappa shape index (κ2) is 9.96. The third-order valence-electron chi connectivity index (χ3n) is 7.12. The lowest BCUT2D eigenvalue weighted by atomic mass is 9.95. The minimum absolute atomic E-state index is 0.0596. The molecule has 1 aromatic heterocycles. The molecule has 5 rings (SSSR count). The lowest BCUT2D eigenvalue weighted by Gasteiger charge is -2.31. The van der Waals surface area contributed by atoms with Crippen molar-refractivity contribution < 1.29 is 9.53 Å². The first-order chi connectivity index (χ1) is 16.5. The maximum Gasteiger partial charge on any atom is 0.223 e. The molecule has 0 bridgehead atoms. The van der Waals surface area contributed by atoms with Gasteiger partial charge in [-0.25, -0.2) is 4.98 Å². The van der Waals surface area contributed by atoms with Crippen molar-refractivity contribution in [2.45, 2.75) is 51.5 Å². The highest BCUT2D eigenvalue weighted by Gasteiger charge is 2.28. The van der Waals surface area contributed by atoms with Gasteiger partial charge >= 0.3 is 0 Å². The molecule has 2 fully saturated rings. The zero-order chi connectivity index (χ0) is 23.7. The molecular formula is C27H33ClN4O2. The molecule has 1 atom stereocenters. The Labute approximate surface area is 206 Å². The van der Waals surface area contributed by atoms with Gasteiger partial charge < -0.3 is 19.9 Å². The van der Waals surface area contributed by atoms with Crippen LogP contribution >= 0.6 is 11.6 Å². The van der Waals surface area contributed by atoms with Gasteiger partial charge in [-0.3, -0.25) is 4.79 Å². The fourth-order valence-corrected chi connectivity index (χ4v) is 5.14. The predicted molar refractivity (Wildman–Crippen MR) is 137 cm³/mol. The van der Waals surface area contributed by atoms with Gasteiger partial charge in [0.05, 0.1) is 23.7 Å². The SMILES string of the molecule is CC(C)c1ccc(Cc2cc3nc(N4CCC(C(=O)NC5CCOC5)CC4)[nH]c3cc2Cl)cc1. The first-order valence-electron chi connectivity index (χ1n) is 12.4. The van der Waals surface area contributed by atoms with E-state index in [4.69, 9.17) is 21.3 Å². The summed E-state index contributed by atoms with van der Waals surface area (Å²) in [6.45, 7) is 7.41. The zero-order valence-electron chi connectivity index (χ0n) is 19.9. The molecule has 1 unspecified atom stereocenters.